The minimum atomic E-state index is -1.30. The van der Waals surface area contributed by atoms with Crippen molar-refractivity contribution in [2.45, 2.75) is 140 Å². The van der Waals surface area contributed by atoms with Gasteiger partial charge in [0.1, 0.15) is 24.4 Å². The third-order valence-electron chi connectivity index (χ3n) is 9.69. The standard InChI is InChI=1S/C38H54BNO6/c1-2-3-4-5-6-7-8-9-10-11-12-13-14-15-16-21-34(41)40-38-36(43)35(42)37-33(45-38)27-44-39(46-37)32-23-22-30-24-28-19-17-18-20-29(28)25-31(30)26-32/h17-20,22-26,33,35-38,42-43H,2-16,21,27H2,1H3,(H,40,41)/t33-,35-,36-,37-,38-/m1/s1. The number of hydrogen-bond donors (Lipinski definition) is 3. The molecule has 0 radical (unpaired) electrons. The van der Waals surface area contributed by atoms with Crippen LogP contribution in [0.1, 0.15) is 110 Å². The number of hydrogen-bond acceptors (Lipinski definition) is 6. The smallest absolute Gasteiger partial charge is 0.404 e. The zero-order valence-electron chi connectivity index (χ0n) is 27.7. The summed E-state index contributed by atoms with van der Waals surface area (Å²) in [6.45, 7) is 2.45. The monoisotopic (exact) mass is 631 g/mol. The second-order valence-electron chi connectivity index (χ2n) is 13.4. The van der Waals surface area contributed by atoms with Crippen molar-refractivity contribution < 1.29 is 29.1 Å². The summed E-state index contributed by atoms with van der Waals surface area (Å²) in [6, 6.07) is 18.6. The largest absolute Gasteiger partial charge is 0.494 e. The molecule has 5 rings (SSSR count). The molecule has 0 saturated carbocycles. The highest BCUT2D eigenvalue weighted by Crippen LogP contribution is 2.28. The fraction of sp³-hybridized carbons (Fsp3) is 0.605. The van der Waals surface area contributed by atoms with E-state index >= 15 is 0 Å². The van der Waals surface area contributed by atoms with Gasteiger partial charge in [-0.25, -0.2) is 0 Å². The predicted molar refractivity (Wildman–Crippen MR) is 186 cm³/mol. The molecule has 8 heteroatoms. The molecule has 0 unspecified atom stereocenters. The highest BCUT2D eigenvalue weighted by atomic mass is 16.7. The lowest BCUT2D eigenvalue weighted by Crippen LogP contribution is -2.67. The Morgan fingerprint density at radius 1 is 0.739 bits per heavy atom. The number of rotatable bonds is 18. The Morgan fingerprint density at radius 3 is 1.93 bits per heavy atom. The summed E-state index contributed by atoms with van der Waals surface area (Å²) in [5.74, 6) is -0.177. The molecule has 0 aliphatic carbocycles. The number of benzene rings is 3. The maximum Gasteiger partial charge on any atom is 0.494 e. The van der Waals surface area contributed by atoms with E-state index in [4.69, 9.17) is 14.0 Å². The summed E-state index contributed by atoms with van der Waals surface area (Å²) in [4.78, 5) is 12.6. The number of carbonyl (C=O) groups excluding carboxylic acids is 1. The van der Waals surface area contributed by atoms with Crippen LogP contribution >= 0.6 is 0 Å². The van der Waals surface area contributed by atoms with Crippen LogP contribution in [0.25, 0.3) is 21.5 Å². The number of aliphatic hydroxyl groups excluding tert-OH is 2. The van der Waals surface area contributed by atoms with Gasteiger partial charge in [0.05, 0.1) is 6.61 Å². The third-order valence-corrected chi connectivity index (χ3v) is 9.69. The van der Waals surface area contributed by atoms with Crippen molar-refractivity contribution in [2.75, 3.05) is 6.61 Å². The molecule has 46 heavy (non-hydrogen) atoms. The third kappa shape index (κ3) is 9.77. The molecule has 3 aromatic rings. The van der Waals surface area contributed by atoms with Crippen molar-refractivity contribution in [3.8, 4) is 0 Å². The van der Waals surface area contributed by atoms with E-state index in [1.807, 2.05) is 30.3 Å². The molecule has 3 aromatic carbocycles. The molecule has 2 heterocycles. The molecule has 2 saturated heterocycles. The van der Waals surface area contributed by atoms with Crippen LogP contribution in [0, 0.1) is 0 Å². The molecule has 2 fully saturated rings. The molecule has 0 aromatic heterocycles. The minimum Gasteiger partial charge on any atom is -0.404 e. The molecule has 2 aliphatic heterocycles. The summed E-state index contributed by atoms with van der Waals surface area (Å²) in [5.41, 5.74) is 0.835. The first kappa shape index (κ1) is 34.8. The molecule has 2 aliphatic rings. The fourth-order valence-electron chi connectivity index (χ4n) is 6.89. The highest BCUT2D eigenvalue weighted by molar-refractivity contribution is 6.61. The van der Waals surface area contributed by atoms with E-state index in [2.05, 4.69) is 36.5 Å². The van der Waals surface area contributed by atoms with Gasteiger partial charge in [-0.1, -0.05) is 139 Å². The number of amides is 1. The van der Waals surface area contributed by atoms with Gasteiger partial charge in [-0.3, -0.25) is 4.79 Å². The van der Waals surface area contributed by atoms with E-state index in [0.717, 1.165) is 40.9 Å². The van der Waals surface area contributed by atoms with Crippen LogP contribution in [-0.4, -0.2) is 60.5 Å². The quantitative estimate of drug-likeness (QED) is 0.0801. The maximum atomic E-state index is 12.6. The first-order chi connectivity index (χ1) is 22.5. The zero-order valence-corrected chi connectivity index (χ0v) is 27.7. The van der Waals surface area contributed by atoms with E-state index in [0.29, 0.717) is 6.42 Å². The van der Waals surface area contributed by atoms with Gasteiger partial charge in [0.25, 0.3) is 0 Å². The Morgan fingerprint density at radius 2 is 1.30 bits per heavy atom. The van der Waals surface area contributed by atoms with Crippen LogP contribution in [0.4, 0.5) is 0 Å². The SMILES string of the molecule is CCCCCCCCCCCCCCCCCC(=O)N[C@@H]1O[C@@H]2COB(c3ccc4cc5ccccc5cc4c3)O[C@H]2[C@H](O)[C@H]1O. The van der Waals surface area contributed by atoms with Crippen LogP contribution in [0.5, 0.6) is 0 Å². The molecule has 0 bridgehead atoms. The van der Waals surface area contributed by atoms with Gasteiger partial charge < -0.3 is 29.6 Å². The Labute approximate surface area is 275 Å². The Balaban J connectivity index is 0.970. The van der Waals surface area contributed by atoms with Gasteiger partial charge in [0, 0.05) is 6.42 Å². The first-order valence-corrected chi connectivity index (χ1v) is 18.0. The van der Waals surface area contributed by atoms with Crippen molar-refractivity contribution in [1.82, 2.24) is 5.32 Å². The van der Waals surface area contributed by atoms with Gasteiger partial charge in [-0.15, -0.1) is 0 Å². The van der Waals surface area contributed by atoms with Crippen LogP contribution in [0.15, 0.2) is 54.6 Å². The molecule has 0 spiro atoms. The molecular weight excluding hydrogens is 577 g/mol. The summed E-state index contributed by atoms with van der Waals surface area (Å²) in [6.07, 6.45) is 14.6. The van der Waals surface area contributed by atoms with Gasteiger partial charge in [-0.05, 0) is 45.6 Å². The van der Waals surface area contributed by atoms with Crippen molar-refractivity contribution in [1.29, 1.82) is 0 Å². The van der Waals surface area contributed by atoms with Crippen molar-refractivity contribution in [2.24, 2.45) is 0 Å². The van der Waals surface area contributed by atoms with Gasteiger partial charge >= 0.3 is 7.12 Å². The van der Waals surface area contributed by atoms with E-state index in [1.54, 1.807) is 0 Å². The lowest BCUT2D eigenvalue weighted by atomic mass is 9.75. The van der Waals surface area contributed by atoms with Crippen LogP contribution in [-0.2, 0) is 18.8 Å². The van der Waals surface area contributed by atoms with Gasteiger partial charge in [-0.2, -0.15) is 0 Å². The lowest BCUT2D eigenvalue weighted by molar-refractivity contribution is -0.242. The van der Waals surface area contributed by atoms with Crippen LogP contribution in [0.3, 0.4) is 0 Å². The normalized spacial score (nSPS) is 23.1. The molecule has 3 N–H and O–H groups in total. The highest BCUT2D eigenvalue weighted by Gasteiger charge is 2.50. The number of fused-ring (bicyclic) bond motifs is 3. The average Bonchev–Trinajstić information content (AvgIpc) is 3.07. The number of aliphatic hydroxyl groups is 2. The van der Waals surface area contributed by atoms with Crippen LogP contribution < -0.4 is 10.8 Å². The Hall–Kier alpha value is -2.49. The van der Waals surface area contributed by atoms with Crippen molar-refractivity contribution in [3.05, 3.63) is 54.6 Å². The average molecular weight is 632 g/mol. The number of ether oxygens (including phenoxy) is 1. The van der Waals surface area contributed by atoms with E-state index < -0.39 is 37.8 Å². The molecule has 5 atom stereocenters. The van der Waals surface area contributed by atoms with Gasteiger partial charge in [0.15, 0.2) is 6.23 Å². The van der Waals surface area contributed by atoms with E-state index in [-0.39, 0.29) is 12.5 Å². The van der Waals surface area contributed by atoms with Crippen molar-refractivity contribution >= 4 is 40.0 Å². The summed E-state index contributed by atoms with van der Waals surface area (Å²) in [5, 5.41) is 29.1. The molecule has 1 amide bonds. The zero-order chi connectivity index (χ0) is 32.1. The maximum absolute atomic E-state index is 12.6. The summed E-state index contributed by atoms with van der Waals surface area (Å²) >= 11 is 0. The number of carbonyl (C=O) groups is 1. The second-order valence-corrected chi connectivity index (χ2v) is 13.4. The van der Waals surface area contributed by atoms with E-state index in [1.165, 1.54) is 82.4 Å². The van der Waals surface area contributed by atoms with Crippen LogP contribution in [0.2, 0.25) is 0 Å². The number of unbranched alkanes of at least 4 members (excludes halogenated alkanes) is 14. The second kappa shape index (κ2) is 18.2. The first-order valence-electron chi connectivity index (χ1n) is 18.0. The molecular formula is C38H54BNO6. The molecule has 250 valence electrons. The Bertz CT molecular complexity index is 1370. The lowest BCUT2D eigenvalue weighted by Gasteiger charge is -2.46. The summed E-state index contributed by atoms with van der Waals surface area (Å²) < 4.78 is 18.1. The minimum absolute atomic E-state index is 0.177. The predicted octanol–water partition coefficient (Wildman–Crippen LogP) is 6.93. The summed E-state index contributed by atoms with van der Waals surface area (Å²) in [7, 11) is -0.696. The van der Waals surface area contributed by atoms with Gasteiger partial charge in [0.2, 0.25) is 5.91 Å². The topological polar surface area (TPSA) is 97.3 Å². The van der Waals surface area contributed by atoms with E-state index in [9.17, 15) is 15.0 Å². The fourth-order valence-corrected chi connectivity index (χ4v) is 6.89. The number of nitrogens with one attached hydrogen (secondary N) is 1. The van der Waals surface area contributed by atoms with Crippen molar-refractivity contribution in [3.63, 3.8) is 0 Å². The Kier molecular flexibility index (Phi) is 13.8. The molecule has 7 nitrogen and oxygen atoms in total.